The number of aliphatic hydroxyl groups is 1. The third-order valence-corrected chi connectivity index (χ3v) is 1.51. The highest BCUT2D eigenvalue weighted by molar-refractivity contribution is 5.67. The van der Waals surface area contributed by atoms with Crippen LogP contribution in [0.15, 0.2) is 0 Å². The van der Waals surface area contributed by atoms with E-state index in [2.05, 4.69) is 10.1 Å². The monoisotopic (exact) mass is 229 g/mol. The summed E-state index contributed by atoms with van der Waals surface area (Å²) in [6.07, 6.45) is -5.67. The zero-order valence-corrected chi connectivity index (χ0v) is 8.52. The zero-order valence-electron chi connectivity index (χ0n) is 8.52. The van der Waals surface area contributed by atoms with E-state index in [0.29, 0.717) is 0 Å². The Morgan fingerprint density at radius 3 is 2.33 bits per heavy atom. The maximum atomic E-state index is 11.6. The van der Waals surface area contributed by atoms with Crippen LogP contribution in [0.25, 0.3) is 0 Å². The fourth-order valence-electron chi connectivity index (χ4n) is 0.566. The van der Waals surface area contributed by atoms with Crippen LogP contribution >= 0.6 is 0 Å². The van der Waals surface area contributed by atoms with Crippen LogP contribution in [0.2, 0.25) is 0 Å². The van der Waals surface area contributed by atoms with Gasteiger partial charge in [0.05, 0.1) is 0 Å². The Kier molecular flexibility index (Phi) is 4.86. The molecule has 0 saturated heterocycles. The summed E-state index contributed by atoms with van der Waals surface area (Å²) >= 11 is 0. The summed E-state index contributed by atoms with van der Waals surface area (Å²) in [7, 11) is 0. The van der Waals surface area contributed by atoms with E-state index < -0.39 is 24.3 Å². The van der Waals surface area contributed by atoms with E-state index in [1.165, 1.54) is 0 Å². The lowest BCUT2D eigenvalue weighted by Crippen LogP contribution is -2.37. The summed E-state index contributed by atoms with van der Waals surface area (Å²) in [6, 6.07) is 0. The van der Waals surface area contributed by atoms with Gasteiger partial charge in [0.2, 0.25) is 0 Å². The second kappa shape index (κ2) is 5.20. The van der Waals surface area contributed by atoms with Crippen LogP contribution in [-0.4, -0.2) is 37.1 Å². The molecule has 0 aromatic heterocycles. The number of nitrogens with one attached hydrogen (secondary N) is 1. The Balaban J connectivity index is 3.77. The van der Waals surface area contributed by atoms with Crippen LogP contribution in [-0.2, 0) is 4.74 Å². The molecule has 7 heteroatoms. The lowest BCUT2D eigenvalue weighted by atomic mass is 9.95. The maximum Gasteiger partial charge on any atom is 0.422 e. The highest BCUT2D eigenvalue weighted by Crippen LogP contribution is 2.15. The molecule has 0 aromatic rings. The summed E-state index contributed by atoms with van der Waals surface area (Å²) in [4.78, 5) is 10.7. The van der Waals surface area contributed by atoms with Crippen LogP contribution in [0.1, 0.15) is 13.8 Å². The Bertz CT molecular complexity index is 216. The Morgan fingerprint density at radius 2 is 1.93 bits per heavy atom. The molecule has 0 aliphatic heterocycles. The van der Waals surface area contributed by atoms with E-state index in [1.54, 1.807) is 13.8 Å². The molecule has 15 heavy (non-hydrogen) atoms. The van der Waals surface area contributed by atoms with E-state index in [9.17, 15) is 18.0 Å². The number of hydrogen-bond acceptors (Lipinski definition) is 3. The Labute approximate surface area is 85.4 Å². The van der Waals surface area contributed by atoms with Crippen molar-refractivity contribution < 1.29 is 27.8 Å². The number of hydrogen-bond donors (Lipinski definition) is 2. The standard InChI is InChI=1S/C8H14F3NO3/c1-7(2,4-13)3-12-6(14)15-5-8(9,10)11/h13H,3-5H2,1-2H3,(H,12,14). The molecule has 0 saturated carbocycles. The van der Waals surface area contributed by atoms with Crippen LogP contribution in [0.4, 0.5) is 18.0 Å². The van der Waals surface area contributed by atoms with Gasteiger partial charge in [-0.2, -0.15) is 13.2 Å². The van der Waals surface area contributed by atoms with Gasteiger partial charge in [-0.05, 0) is 0 Å². The lowest BCUT2D eigenvalue weighted by molar-refractivity contribution is -0.160. The SMILES string of the molecule is CC(C)(CO)CNC(=O)OCC(F)(F)F. The molecule has 4 nitrogen and oxygen atoms in total. The number of alkyl halides is 3. The van der Waals surface area contributed by atoms with Crippen molar-refractivity contribution in [1.82, 2.24) is 5.32 Å². The van der Waals surface area contributed by atoms with Crippen molar-refractivity contribution in [2.24, 2.45) is 5.41 Å². The molecular formula is C8H14F3NO3. The highest BCUT2D eigenvalue weighted by Gasteiger charge is 2.29. The molecule has 0 heterocycles. The predicted octanol–water partition coefficient (Wildman–Crippen LogP) is 1.29. The zero-order chi connectivity index (χ0) is 12.1. The number of alkyl carbamates (subject to hydrolysis) is 1. The molecule has 0 aliphatic rings. The van der Waals surface area contributed by atoms with E-state index >= 15 is 0 Å². The van der Waals surface area contributed by atoms with Crippen LogP contribution in [0.3, 0.4) is 0 Å². The number of aliphatic hydroxyl groups excluding tert-OH is 1. The molecule has 1 amide bonds. The molecular weight excluding hydrogens is 215 g/mol. The number of rotatable bonds is 4. The Hall–Kier alpha value is -0.980. The normalized spacial score (nSPS) is 12.4. The largest absolute Gasteiger partial charge is 0.440 e. The van der Waals surface area contributed by atoms with Crippen molar-refractivity contribution in [3.8, 4) is 0 Å². The second-order valence-corrected chi connectivity index (χ2v) is 3.87. The number of ether oxygens (including phenoxy) is 1. The summed E-state index contributed by atoms with van der Waals surface area (Å²) in [6.45, 7) is 1.54. The Morgan fingerprint density at radius 1 is 1.40 bits per heavy atom. The minimum atomic E-state index is -4.52. The van der Waals surface area contributed by atoms with Gasteiger partial charge in [0, 0.05) is 18.6 Å². The maximum absolute atomic E-state index is 11.6. The van der Waals surface area contributed by atoms with Gasteiger partial charge in [-0.15, -0.1) is 0 Å². The van der Waals surface area contributed by atoms with Gasteiger partial charge in [0.1, 0.15) is 0 Å². The molecule has 0 aliphatic carbocycles. The first-order valence-corrected chi connectivity index (χ1v) is 4.24. The predicted molar refractivity (Wildman–Crippen MR) is 46.3 cm³/mol. The summed E-state index contributed by atoms with van der Waals surface area (Å²) in [5, 5.41) is 10.9. The molecule has 0 radical (unpaired) electrons. The van der Waals surface area contributed by atoms with Gasteiger partial charge in [-0.25, -0.2) is 4.79 Å². The first kappa shape index (κ1) is 14.0. The molecule has 0 aromatic carbocycles. The minimum Gasteiger partial charge on any atom is -0.440 e. The first-order chi connectivity index (χ1) is 6.66. The van der Waals surface area contributed by atoms with Gasteiger partial charge in [-0.3, -0.25) is 0 Å². The van der Waals surface area contributed by atoms with Gasteiger partial charge >= 0.3 is 12.3 Å². The first-order valence-electron chi connectivity index (χ1n) is 4.24. The fraction of sp³-hybridized carbons (Fsp3) is 0.875. The van der Waals surface area contributed by atoms with Gasteiger partial charge in [0.25, 0.3) is 0 Å². The number of carbonyl (C=O) groups excluding carboxylic acids is 1. The van der Waals surface area contributed by atoms with E-state index in [4.69, 9.17) is 5.11 Å². The second-order valence-electron chi connectivity index (χ2n) is 3.87. The third kappa shape index (κ3) is 8.04. The minimum absolute atomic E-state index is 0.0419. The van der Waals surface area contributed by atoms with E-state index in [-0.39, 0.29) is 13.2 Å². The smallest absolute Gasteiger partial charge is 0.422 e. The lowest BCUT2D eigenvalue weighted by Gasteiger charge is -2.21. The molecule has 0 fully saturated rings. The quantitative estimate of drug-likeness (QED) is 0.763. The van der Waals surface area contributed by atoms with Crippen molar-refractivity contribution >= 4 is 6.09 Å². The van der Waals surface area contributed by atoms with Crippen LogP contribution < -0.4 is 5.32 Å². The summed E-state index contributed by atoms with van der Waals surface area (Å²) < 4.78 is 38.7. The molecule has 0 bridgehead atoms. The third-order valence-electron chi connectivity index (χ3n) is 1.51. The van der Waals surface area contributed by atoms with E-state index in [0.717, 1.165) is 0 Å². The number of amides is 1. The van der Waals surface area contributed by atoms with E-state index in [1.807, 2.05) is 0 Å². The van der Waals surface area contributed by atoms with Crippen molar-refractivity contribution in [3.63, 3.8) is 0 Å². The van der Waals surface area contributed by atoms with Gasteiger partial charge in [0.15, 0.2) is 6.61 Å². The molecule has 2 N–H and O–H groups in total. The highest BCUT2D eigenvalue weighted by atomic mass is 19.4. The van der Waals surface area contributed by atoms with Crippen molar-refractivity contribution in [2.45, 2.75) is 20.0 Å². The molecule has 0 atom stereocenters. The summed E-state index contributed by atoms with van der Waals surface area (Å²) in [5.41, 5.74) is -0.586. The van der Waals surface area contributed by atoms with Gasteiger partial charge < -0.3 is 15.2 Å². The molecule has 0 spiro atoms. The number of carbonyl (C=O) groups is 1. The van der Waals surface area contributed by atoms with Crippen molar-refractivity contribution in [3.05, 3.63) is 0 Å². The molecule has 90 valence electrons. The average Bonchev–Trinajstić information content (AvgIpc) is 2.10. The van der Waals surface area contributed by atoms with Crippen molar-refractivity contribution in [1.29, 1.82) is 0 Å². The molecule has 0 unspecified atom stereocenters. The molecule has 0 rings (SSSR count). The van der Waals surface area contributed by atoms with Crippen molar-refractivity contribution in [2.75, 3.05) is 19.8 Å². The average molecular weight is 229 g/mol. The van der Waals surface area contributed by atoms with Crippen LogP contribution in [0.5, 0.6) is 0 Å². The summed E-state index contributed by atoms with van der Waals surface area (Å²) in [5.74, 6) is 0. The van der Waals surface area contributed by atoms with Gasteiger partial charge in [-0.1, -0.05) is 13.8 Å². The number of halogens is 3. The van der Waals surface area contributed by atoms with Crippen LogP contribution in [0, 0.1) is 5.41 Å². The fourth-order valence-corrected chi connectivity index (χ4v) is 0.566. The topological polar surface area (TPSA) is 58.6 Å².